The molecule has 2 aromatic carbocycles. The number of hydrogen-bond donors (Lipinski definition) is 1. The molecule has 4 rings (SSSR count). The smallest absolute Gasteiger partial charge is 0.321 e. The summed E-state index contributed by atoms with van der Waals surface area (Å²) < 4.78 is 5.86. The summed E-state index contributed by atoms with van der Waals surface area (Å²) >= 11 is 12.2. The van der Waals surface area contributed by atoms with Crippen molar-refractivity contribution >= 4 is 34.9 Å². The van der Waals surface area contributed by atoms with E-state index in [9.17, 15) is 4.79 Å². The number of aryl methyl sites for hydroxylation is 2. The van der Waals surface area contributed by atoms with E-state index in [-0.39, 0.29) is 6.03 Å². The summed E-state index contributed by atoms with van der Waals surface area (Å²) in [6.07, 6.45) is 0. The van der Waals surface area contributed by atoms with Gasteiger partial charge in [-0.1, -0.05) is 35.3 Å². The summed E-state index contributed by atoms with van der Waals surface area (Å²) in [6.45, 7) is 7.35. The maximum atomic E-state index is 12.6. The van der Waals surface area contributed by atoms with Crippen LogP contribution in [0.4, 0.5) is 10.5 Å². The molecule has 1 aromatic heterocycles. The van der Waals surface area contributed by atoms with E-state index in [2.05, 4.69) is 15.2 Å². The number of hydrogen-bond acceptors (Lipinski definition) is 4. The Kier molecular flexibility index (Phi) is 6.51. The summed E-state index contributed by atoms with van der Waals surface area (Å²) in [4.78, 5) is 21.3. The molecule has 0 atom stereocenters. The summed E-state index contributed by atoms with van der Waals surface area (Å²) in [5.74, 6) is 1.37. The third-order valence-corrected chi connectivity index (χ3v) is 6.06. The van der Waals surface area contributed by atoms with Crippen LogP contribution in [0.2, 0.25) is 10.0 Å². The van der Waals surface area contributed by atoms with Crippen LogP contribution in [0.25, 0.3) is 11.5 Å². The Balaban J connectivity index is 1.33. The Morgan fingerprint density at radius 3 is 2.58 bits per heavy atom. The van der Waals surface area contributed by atoms with Crippen LogP contribution in [-0.2, 0) is 6.54 Å². The van der Waals surface area contributed by atoms with Crippen LogP contribution >= 0.6 is 23.2 Å². The van der Waals surface area contributed by atoms with Crippen molar-refractivity contribution in [2.45, 2.75) is 20.4 Å². The predicted octanol–water partition coefficient (Wildman–Crippen LogP) is 5.61. The van der Waals surface area contributed by atoms with Crippen LogP contribution in [-0.4, -0.2) is 47.0 Å². The van der Waals surface area contributed by atoms with Crippen LogP contribution < -0.4 is 5.32 Å². The van der Waals surface area contributed by atoms with E-state index in [1.165, 1.54) is 0 Å². The number of rotatable bonds is 4. The molecule has 1 aliphatic heterocycles. The van der Waals surface area contributed by atoms with Gasteiger partial charge in [0.25, 0.3) is 0 Å². The fourth-order valence-electron chi connectivity index (χ4n) is 3.51. The number of anilines is 1. The number of urea groups is 1. The van der Waals surface area contributed by atoms with E-state index in [4.69, 9.17) is 27.6 Å². The average molecular weight is 459 g/mol. The van der Waals surface area contributed by atoms with Crippen molar-refractivity contribution in [1.29, 1.82) is 0 Å². The number of carbonyl (C=O) groups excluding carboxylic acids is 1. The monoisotopic (exact) mass is 458 g/mol. The molecule has 0 saturated carbocycles. The van der Waals surface area contributed by atoms with Crippen LogP contribution in [0.1, 0.15) is 17.0 Å². The Morgan fingerprint density at radius 2 is 1.87 bits per heavy atom. The van der Waals surface area contributed by atoms with Gasteiger partial charge in [-0.25, -0.2) is 9.78 Å². The molecular formula is C23H24Cl2N4O2. The maximum absolute atomic E-state index is 12.6. The fourth-order valence-corrected chi connectivity index (χ4v) is 3.88. The zero-order chi connectivity index (χ0) is 22.0. The number of halogens is 2. The second kappa shape index (κ2) is 9.30. The first kappa shape index (κ1) is 21.7. The molecule has 2 heterocycles. The highest BCUT2D eigenvalue weighted by Crippen LogP contribution is 2.25. The van der Waals surface area contributed by atoms with Crippen LogP contribution in [0, 0.1) is 13.8 Å². The molecule has 6 nitrogen and oxygen atoms in total. The standard InChI is InChI=1S/C23H24Cl2N4O2/c1-15-6-7-19(13-20(15)25)26-23(30)29-10-8-28(9-11-29)14-21-16(2)31-22(27-21)17-4-3-5-18(24)12-17/h3-7,12-13H,8-11,14H2,1-2H3,(H,26,30). The number of amides is 2. The third-order valence-electron chi connectivity index (χ3n) is 5.42. The molecular weight excluding hydrogens is 435 g/mol. The van der Waals surface area contributed by atoms with Gasteiger partial charge in [-0.3, -0.25) is 4.90 Å². The lowest BCUT2D eigenvalue weighted by atomic mass is 10.2. The van der Waals surface area contributed by atoms with Crippen molar-refractivity contribution in [3.05, 3.63) is 69.5 Å². The van der Waals surface area contributed by atoms with Crippen LogP contribution in [0.5, 0.6) is 0 Å². The van der Waals surface area contributed by atoms with Crippen molar-refractivity contribution in [3.63, 3.8) is 0 Å². The zero-order valence-corrected chi connectivity index (χ0v) is 19.0. The SMILES string of the molecule is Cc1ccc(NC(=O)N2CCN(Cc3nc(-c4cccc(Cl)c4)oc3C)CC2)cc1Cl. The van der Waals surface area contributed by atoms with Crippen molar-refractivity contribution in [3.8, 4) is 11.5 Å². The normalized spacial score (nSPS) is 14.6. The van der Waals surface area contributed by atoms with Crippen molar-refractivity contribution in [1.82, 2.24) is 14.8 Å². The zero-order valence-electron chi connectivity index (χ0n) is 17.5. The lowest BCUT2D eigenvalue weighted by Gasteiger charge is -2.34. The van der Waals surface area contributed by atoms with Gasteiger partial charge in [0.05, 0.1) is 5.69 Å². The highest BCUT2D eigenvalue weighted by atomic mass is 35.5. The van der Waals surface area contributed by atoms with Gasteiger partial charge in [-0.05, 0) is 49.7 Å². The number of aromatic nitrogens is 1. The van der Waals surface area contributed by atoms with E-state index < -0.39 is 0 Å². The van der Waals surface area contributed by atoms with E-state index in [1.54, 1.807) is 6.07 Å². The van der Waals surface area contributed by atoms with Gasteiger partial charge in [0, 0.05) is 54.0 Å². The molecule has 31 heavy (non-hydrogen) atoms. The van der Waals surface area contributed by atoms with Gasteiger partial charge in [-0.2, -0.15) is 0 Å². The van der Waals surface area contributed by atoms with Gasteiger partial charge in [-0.15, -0.1) is 0 Å². The van der Waals surface area contributed by atoms with Gasteiger partial charge < -0.3 is 14.6 Å². The molecule has 8 heteroatoms. The van der Waals surface area contributed by atoms with Crippen molar-refractivity contribution in [2.24, 2.45) is 0 Å². The largest absolute Gasteiger partial charge is 0.441 e. The first-order chi connectivity index (χ1) is 14.9. The van der Waals surface area contributed by atoms with Crippen molar-refractivity contribution < 1.29 is 9.21 Å². The quantitative estimate of drug-likeness (QED) is 0.551. The number of carbonyl (C=O) groups is 1. The molecule has 0 aliphatic carbocycles. The highest BCUT2D eigenvalue weighted by molar-refractivity contribution is 6.31. The maximum Gasteiger partial charge on any atom is 0.321 e. The number of piperazine rings is 1. The van der Waals surface area contributed by atoms with Gasteiger partial charge in [0.1, 0.15) is 5.76 Å². The first-order valence-electron chi connectivity index (χ1n) is 10.2. The minimum Gasteiger partial charge on any atom is -0.441 e. The molecule has 0 spiro atoms. The van der Waals surface area contributed by atoms with Crippen molar-refractivity contribution in [2.75, 3.05) is 31.5 Å². The number of nitrogens with one attached hydrogen (secondary N) is 1. The molecule has 3 aromatic rings. The first-order valence-corrected chi connectivity index (χ1v) is 10.9. The second-order valence-corrected chi connectivity index (χ2v) is 8.53. The minimum atomic E-state index is -0.111. The third kappa shape index (κ3) is 5.21. The summed E-state index contributed by atoms with van der Waals surface area (Å²) in [5, 5.41) is 4.22. The number of nitrogens with zero attached hydrogens (tertiary/aromatic N) is 3. The summed E-state index contributed by atoms with van der Waals surface area (Å²) in [6, 6.07) is 12.9. The summed E-state index contributed by atoms with van der Waals surface area (Å²) in [5.41, 5.74) is 3.45. The molecule has 0 unspecified atom stereocenters. The molecule has 2 amide bonds. The van der Waals surface area contributed by atoms with Gasteiger partial charge >= 0.3 is 6.03 Å². The van der Waals surface area contributed by atoms with E-state index >= 15 is 0 Å². The molecule has 1 saturated heterocycles. The minimum absolute atomic E-state index is 0.111. The van der Waals surface area contributed by atoms with Crippen LogP contribution in [0.15, 0.2) is 46.9 Å². The molecule has 1 N–H and O–H groups in total. The molecule has 0 radical (unpaired) electrons. The molecule has 162 valence electrons. The fraction of sp³-hybridized carbons (Fsp3) is 0.304. The molecule has 1 fully saturated rings. The Hall–Kier alpha value is -2.54. The number of benzene rings is 2. The second-order valence-electron chi connectivity index (χ2n) is 7.69. The van der Waals surface area contributed by atoms with Gasteiger partial charge in [0.2, 0.25) is 5.89 Å². The highest BCUT2D eigenvalue weighted by Gasteiger charge is 2.23. The topological polar surface area (TPSA) is 61.6 Å². The Bertz CT molecular complexity index is 1090. The summed E-state index contributed by atoms with van der Waals surface area (Å²) in [7, 11) is 0. The van der Waals surface area contributed by atoms with Crippen LogP contribution in [0.3, 0.4) is 0 Å². The Labute approximate surface area is 191 Å². The Morgan fingerprint density at radius 1 is 1.10 bits per heavy atom. The predicted molar refractivity (Wildman–Crippen MR) is 124 cm³/mol. The lowest BCUT2D eigenvalue weighted by molar-refractivity contribution is 0.141. The van der Waals surface area contributed by atoms with E-state index in [0.29, 0.717) is 41.3 Å². The van der Waals surface area contributed by atoms with E-state index in [0.717, 1.165) is 35.7 Å². The average Bonchev–Trinajstić information content (AvgIpc) is 3.11. The number of oxazole rings is 1. The van der Waals surface area contributed by atoms with E-state index in [1.807, 2.05) is 55.1 Å². The van der Waals surface area contributed by atoms with Gasteiger partial charge in [0.15, 0.2) is 0 Å². The lowest BCUT2D eigenvalue weighted by Crippen LogP contribution is -2.49. The molecule has 1 aliphatic rings. The molecule has 0 bridgehead atoms.